The van der Waals surface area contributed by atoms with Crippen LogP contribution in [0.5, 0.6) is 0 Å². The summed E-state index contributed by atoms with van der Waals surface area (Å²) in [5.41, 5.74) is 12.9. The predicted octanol–water partition coefficient (Wildman–Crippen LogP) is 15.8. The van der Waals surface area contributed by atoms with Gasteiger partial charge < -0.3 is 13.6 Å². The summed E-state index contributed by atoms with van der Waals surface area (Å²) in [5, 5.41) is 8.98. The van der Waals surface area contributed by atoms with Crippen molar-refractivity contribution in [3.8, 4) is 56.7 Å². The highest BCUT2D eigenvalue weighted by molar-refractivity contribution is 6.18. The first-order valence-electron chi connectivity index (χ1n) is 22.6. The van der Waals surface area contributed by atoms with Crippen LogP contribution >= 0.6 is 0 Å². The molecule has 0 unspecified atom stereocenters. The van der Waals surface area contributed by atoms with Gasteiger partial charge in [-0.05, 0) is 82.6 Å². The van der Waals surface area contributed by atoms with Gasteiger partial charge in [0.25, 0.3) is 0 Å². The van der Waals surface area contributed by atoms with E-state index in [1.165, 1.54) is 21.5 Å². The zero-order valence-electron chi connectivity index (χ0n) is 36.0. The minimum atomic E-state index is 0.558. The number of hydrogen-bond donors (Lipinski definition) is 0. The number of rotatable bonds is 6. The molecule has 4 aromatic heterocycles. The Morgan fingerprint density at radius 1 is 0.343 bits per heavy atom. The second kappa shape index (κ2) is 14.7. The van der Waals surface area contributed by atoms with Crippen LogP contribution in [0.3, 0.4) is 0 Å². The van der Waals surface area contributed by atoms with Crippen LogP contribution < -0.4 is 0 Å². The number of nitrogens with zero attached hydrogens (tertiary/aromatic N) is 5. The Morgan fingerprint density at radius 3 is 1.69 bits per heavy atom. The maximum atomic E-state index is 7.00. The molecular formula is C61H37N5O. The van der Waals surface area contributed by atoms with Crippen LogP contribution in [0.2, 0.25) is 0 Å². The minimum Gasteiger partial charge on any atom is -0.454 e. The molecule has 0 saturated heterocycles. The molecule has 0 bridgehead atoms. The van der Waals surface area contributed by atoms with Crippen molar-refractivity contribution in [3.63, 3.8) is 0 Å². The van der Waals surface area contributed by atoms with Crippen LogP contribution in [0, 0.1) is 0 Å². The van der Waals surface area contributed by atoms with E-state index in [-0.39, 0.29) is 0 Å². The van der Waals surface area contributed by atoms with E-state index >= 15 is 0 Å². The molecule has 0 N–H and O–H groups in total. The number of hydrogen-bond acceptors (Lipinski definition) is 4. The third kappa shape index (κ3) is 5.80. The molecule has 10 aromatic carbocycles. The monoisotopic (exact) mass is 855 g/mol. The quantitative estimate of drug-likeness (QED) is 0.167. The molecular weight excluding hydrogens is 819 g/mol. The maximum absolute atomic E-state index is 7.00. The highest BCUT2D eigenvalue weighted by Gasteiger charge is 2.25. The SMILES string of the molecule is c1ccc(-c2ccc(-c3nc(-c4ccc(-n5c6ccccc6c6cc7ccccc7cc65)c5oc6ccccc6c45)nc(-c4cccc5c6ccccc6n(-c6ccccc6)c45)n3)cc2)cc1. The first-order valence-corrected chi connectivity index (χ1v) is 22.6. The van der Waals surface area contributed by atoms with Crippen molar-refractivity contribution in [3.05, 3.63) is 224 Å². The Labute approximate surface area is 384 Å². The molecule has 0 radical (unpaired) electrons. The molecule has 6 nitrogen and oxygen atoms in total. The molecule has 0 spiro atoms. The van der Waals surface area contributed by atoms with Crippen molar-refractivity contribution in [2.75, 3.05) is 0 Å². The Hall–Kier alpha value is -9.13. The van der Waals surface area contributed by atoms with Gasteiger partial charge in [0.2, 0.25) is 0 Å². The molecule has 14 rings (SSSR count). The van der Waals surface area contributed by atoms with Crippen LogP contribution in [0.25, 0.3) is 133 Å². The Bertz CT molecular complexity index is 4260. The summed E-state index contributed by atoms with van der Waals surface area (Å²) in [5.74, 6) is 1.72. The van der Waals surface area contributed by atoms with E-state index in [4.69, 9.17) is 19.4 Å². The lowest BCUT2D eigenvalue weighted by Gasteiger charge is -2.14. The normalized spacial score (nSPS) is 11.9. The van der Waals surface area contributed by atoms with E-state index in [1.807, 2.05) is 18.2 Å². The standard InChI is InChI=1S/C61H37N5O/c1-3-16-38(17-4-1)39-30-32-40(33-31-39)59-62-60(64-61(63-59)49-26-15-25-46-44-22-9-12-27-51(44)65(57(46)49)43-20-5-2-6-21-43)48-34-35-53(58-56(48)47-24-11-14-29-55(47)67-58)66-52-28-13-10-23-45(52)50-36-41-18-7-8-19-42(41)37-54(50)66/h1-37H. The number of fused-ring (bicyclic) bond motifs is 10. The van der Waals surface area contributed by atoms with Gasteiger partial charge in [-0.25, -0.2) is 15.0 Å². The highest BCUT2D eigenvalue weighted by atomic mass is 16.3. The van der Waals surface area contributed by atoms with Gasteiger partial charge >= 0.3 is 0 Å². The third-order valence-corrected chi connectivity index (χ3v) is 13.4. The van der Waals surface area contributed by atoms with Crippen LogP contribution in [-0.2, 0) is 0 Å². The molecule has 0 saturated carbocycles. The average molecular weight is 856 g/mol. The van der Waals surface area contributed by atoms with Gasteiger partial charge in [-0.1, -0.05) is 164 Å². The molecule has 312 valence electrons. The molecule has 14 aromatic rings. The number of furan rings is 1. The number of benzene rings is 10. The fourth-order valence-corrected chi connectivity index (χ4v) is 10.3. The Morgan fingerprint density at radius 2 is 0.910 bits per heavy atom. The molecule has 67 heavy (non-hydrogen) atoms. The van der Waals surface area contributed by atoms with E-state index in [2.05, 4.69) is 215 Å². The number of para-hydroxylation sites is 5. The molecule has 0 atom stereocenters. The van der Waals surface area contributed by atoms with Crippen LogP contribution in [0.1, 0.15) is 0 Å². The fourth-order valence-electron chi connectivity index (χ4n) is 10.3. The van der Waals surface area contributed by atoms with Gasteiger partial charge in [0, 0.05) is 54.7 Å². The summed E-state index contributed by atoms with van der Waals surface area (Å²) in [6, 6.07) is 79.0. The third-order valence-electron chi connectivity index (χ3n) is 13.4. The lowest BCUT2D eigenvalue weighted by Crippen LogP contribution is -2.03. The van der Waals surface area contributed by atoms with E-state index in [0.29, 0.717) is 17.5 Å². The molecule has 0 fully saturated rings. The molecule has 6 heteroatoms. The maximum Gasteiger partial charge on any atom is 0.166 e. The summed E-state index contributed by atoms with van der Waals surface area (Å²) in [4.78, 5) is 16.3. The Balaban J connectivity index is 1.05. The average Bonchev–Trinajstić information content (AvgIpc) is 4.06. The zero-order chi connectivity index (χ0) is 44.0. The first kappa shape index (κ1) is 37.3. The highest BCUT2D eigenvalue weighted by Crippen LogP contribution is 2.44. The van der Waals surface area contributed by atoms with Crippen molar-refractivity contribution in [1.82, 2.24) is 24.1 Å². The molecule has 0 amide bonds. The van der Waals surface area contributed by atoms with Gasteiger partial charge in [0.1, 0.15) is 5.58 Å². The zero-order valence-corrected chi connectivity index (χ0v) is 36.0. The molecule has 4 heterocycles. The van der Waals surface area contributed by atoms with Gasteiger partial charge in [-0.3, -0.25) is 0 Å². The van der Waals surface area contributed by atoms with E-state index in [0.717, 1.165) is 94.0 Å². The summed E-state index contributed by atoms with van der Waals surface area (Å²) in [6.45, 7) is 0. The first-order chi connectivity index (χ1) is 33.2. The largest absolute Gasteiger partial charge is 0.454 e. The van der Waals surface area contributed by atoms with Gasteiger partial charge in [0.05, 0.1) is 27.8 Å². The molecule has 0 aliphatic carbocycles. The van der Waals surface area contributed by atoms with Crippen LogP contribution in [0.4, 0.5) is 0 Å². The van der Waals surface area contributed by atoms with Crippen molar-refractivity contribution in [2.24, 2.45) is 0 Å². The van der Waals surface area contributed by atoms with Gasteiger partial charge in [-0.2, -0.15) is 0 Å². The predicted molar refractivity (Wildman–Crippen MR) is 275 cm³/mol. The summed E-state index contributed by atoms with van der Waals surface area (Å²) >= 11 is 0. The second-order valence-electron chi connectivity index (χ2n) is 17.1. The fraction of sp³-hybridized carbons (Fsp3) is 0. The van der Waals surface area contributed by atoms with E-state index < -0.39 is 0 Å². The topological polar surface area (TPSA) is 61.7 Å². The van der Waals surface area contributed by atoms with Gasteiger partial charge in [-0.15, -0.1) is 0 Å². The van der Waals surface area contributed by atoms with Crippen molar-refractivity contribution in [2.45, 2.75) is 0 Å². The van der Waals surface area contributed by atoms with Crippen LogP contribution in [0.15, 0.2) is 229 Å². The van der Waals surface area contributed by atoms with Crippen molar-refractivity contribution in [1.29, 1.82) is 0 Å². The summed E-state index contributed by atoms with van der Waals surface area (Å²) in [7, 11) is 0. The Kier molecular flexibility index (Phi) is 8.18. The van der Waals surface area contributed by atoms with Crippen LogP contribution in [-0.4, -0.2) is 24.1 Å². The lowest BCUT2D eigenvalue weighted by molar-refractivity contribution is 0.666. The van der Waals surface area contributed by atoms with Gasteiger partial charge in [0.15, 0.2) is 23.1 Å². The van der Waals surface area contributed by atoms with E-state index in [9.17, 15) is 0 Å². The number of aromatic nitrogens is 5. The molecule has 0 aliphatic rings. The van der Waals surface area contributed by atoms with Crippen molar-refractivity contribution >= 4 is 76.3 Å². The molecule has 0 aliphatic heterocycles. The minimum absolute atomic E-state index is 0.558. The van der Waals surface area contributed by atoms with Crippen molar-refractivity contribution < 1.29 is 4.42 Å². The summed E-state index contributed by atoms with van der Waals surface area (Å²) < 4.78 is 11.7. The second-order valence-corrected chi connectivity index (χ2v) is 17.1. The smallest absolute Gasteiger partial charge is 0.166 e. The van der Waals surface area contributed by atoms with E-state index in [1.54, 1.807) is 0 Å². The summed E-state index contributed by atoms with van der Waals surface area (Å²) in [6.07, 6.45) is 0. The lowest BCUT2D eigenvalue weighted by atomic mass is 10.0.